The maximum Gasteiger partial charge on any atom is 0.456 e. The van der Waals surface area contributed by atoms with E-state index < -0.39 is 52.8 Å². The fourth-order valence-electron chi connectivity index (χ4n) is 9.84. The van der Waals surface area contributed by atoms with Gasteiger partial charge in [-0.25, -0.2) is 0 Å². The molecule has 5 aliphatic rings. The van der Waals surface area contributed by atoms with Gasteiger partial charge in [-0.05, 0) is 79.2 Å². The Labute approximate surface area is 278 Å². The Bertz CT molecular complexity index is 1550. The molecule has 1 spiro atoms. The third kappa shape index (κ3) is 5.23. The van der Waals surface area contributed by atoms with Gasteiger partial charge in [0, 0.05) is 29.6 Å². The third-order valence-electron chi connectivity index (χ3n) is 12.4. The first-order chi connectivity index (χ1) is 22.4. The highest BCUT2D eigenvalue weighted by atomic mass is 19.4. The van der Waals surface area contributed by atoms with Crippen molar-refractivity contribution in [2.24, 2.45) is 22.7 Å². The third-order valence-corrected chi connectivity index (χ3v) is 12.4. The van der Waals surface area contributed by atoms with E-state index in [1.54, 1.807) is 12.1 Å². The molecule has 0 amide bonds. The van der Waals surface area contributed by atoms with Gasteiger partial charge in [-0.2, -0.15) is 22.0 Å². The van der Waals surface area contributed by atoms with Crippen molar-refractivity contribution in [1.29, 1.82) is 0 Å². The quantitative estimate of drug-likeness (QED) is 0.246. The van der Waals surface area contributed by atoms with Gasteiger partial charge < -0.3 is 24.4 Å². The predicted octanol–water partition coefficient (Wildman–Crippen LogP) is 8.49. The second-order valence-electron chi connectivity index (χ2n) is 16.0. The van der Waals surface area contributed by atoms with E-state index in [-0.39, 0.29) is 30.6 Å². The molecule has 10 heteroatoms. The van der Waals surface area contributed by atoms with Crippen molar-refractivity contribution in [2.45, 2.75) is 114 Å². The van der Waals surface area contributed by atoms with Gasteiger partial charge in [-0.3, -0.25) is 0 Å². The van der Waals surface area contributed by atoms with Crippen LogP contribution in [0.5, 0.6) is 5.75 Å². The summed E-state index contributed by atoms with van der Waals surface area (Å²) in [5, 5.41) is 23.9. The number of halogens is 5. The first-order valence-electron chi connectivity index (χ1n) is 17.1. The molecular weight excluding hydrogens is 631 g/mol. The van der Waals surface area contributed by atoms with Crippen LogP contribution in [-0.2, 0) is 16.1 Å². The molecule has 5 nitrogen and oxygen atoms in total. The molecule has 0 aromatic heterocycles. The van der Waals surface area contributed by atoms with Crippen LogP contribution in [-0.4, -0.2) is 52.5 Å². The van der Waals surface area contributed by atoms with Crippen molar-refractivity contribution in [3.05, 3.63) is 76.9 Å². The van der Waals surface area contributed by atoms with Crippen molar-refractivity contribution in [3.63, 3.8) is 0 Å². The molecule has 262 valence electrons. The number of benzene rings is 2. The average molecular weight is 677 g/mol. The highest BCUT2D eigenvalue weighted by Crippen LogP contribution is 2.71. The fourth-order valence-corrected chi connectivity index (χ4v) is 9.84. The minimum atomic E-state index is -5.90. The van der Waals surface area contributed by atoms with E-state index in [1.807, 2.05) is 42.5 Å². The molecular formula is C38H45F5O5. The monoisotopic (exact) mass is 676 g/mol. The maximum atomic E-state index is 15.4. The number of ether oxygens (including phenoxy) is 3. The van der Waals surface area contributed by atoms with Crippen LogP contribution in [0.15, 0.2) is 65.7 Å². The lowest BCUT2D eigenvalue weighted by Gasteiger charge is -2.59. The Morgan fingerprint density at radius 3 is 2.17 bits per heavy atom. The van der Waals surface area contributed by atoms with E-state index in [1.165, 1.54) is 6.92 Å². The predicted molar refractivity (Wildman–Crippen MR) is 168 cm³/mol. The molecule has 0 unspecified atom stereocenters. The van der Waals surface area contributed by atoms with E-state index in [4.69, 9.17) is 14.2 Å². The van der Waals surface area contributed by atoms with E-state index in [0.717, 1.165) is 22.3 Å². The Hall–Kier alpha value is -2.53. The highest BCUT2D eigenvalue weighted by molar-refractivity contribution is 5.45. The van der Waals surface area contributed by atoms with Crippen LogP contribution in [0, 0.1) is 22.7 Å². The zero-order chi connectivity index (χ0) is 34.4. The van der Waals surface area contributed by atoms with Crippen LogP contribution in [0.1, 0.15) is 89.2 Å². The summed E-state index contributed by atoms with van der Waals surface area (Å²) in [6.45, 7) is 6.87. The number of hydrogen-bond donors (Lipinski definition) is 2. The number of aliphatic hydroxyl groups is 2. The molecule has 0 bridgehead atoms. The summed E-state index contributed by atoms with van der Waals surface area (Å²) in [6, 6.07) is 16.9. The minimum Gasteiger partial charge on any atom is -0.489 e. The van der Waals surface area contributed by atoms with E-state index in [0.29, 0.717) is 51.3 Å². The molecule has 2 aromatic carbocycles. The summed E-state index contributed by atoms with van der Waals surface area (Å²) in [6.07, 6.45) is -4.69. The van der Waals surface area contributed by atoms with Gasteiger partial charge in [0.1, 0.15) is 18.0 Å². The van der Waals surface area contributed by atoms with Crippen LogP contribution in [0.2, 0.25) is 0 Å². The van der Waals surface area contributed by atoms with Gasteiger partial charge in [0.15, 0.2) is 5.79 Å². The van der Waals surface area contributed by atoms with E-state index in [2.05, 4.69) is 13.8 Å². The largest absolute Gasteiger partial charge is 0.489 e. The number of hydrogen-bond acceptors (Lipinski definition) is 5. The number of rotatable bonds is 5. The van der Waals surface area contributed by atoms with Crippen LogP contribution in [0.3, 0.4) is 0 Å². The SMILES string of the molecule is CC1(C)COC2(CCC3=C4[C@@H](CC[C@@]3(O)C2)[C@@H]2CC[C@@](O)(C(F)(F)C(F)(F)F)[C@@]2(C)C[C@@H]4c2ccc(OCc3ccccc3)cc2)OC1. The van der Waals surface area contributed by atoms with Crippen LogP contribution < -0.4 is 4.74 Å². The summed E-state index contributed by atoms with van der Waals surface area (Å²) >= 11 is 0. The molecule has 2 N–H and O–H groups in total. The van der Waals surface area contributed by atoms with Gasteiger partial charge in [0.25, 0.3) is 0 Å². The molecule has 4 fully saturated rings. The fraction of sp³-hybridized carbons (Fsp3) is 0.632. The van der Waals surface area contributed by atoms with Gasteiger partial charge >= 0.3 is 12.1 Å². The summed E-state index contributed by atoms with van der Waals surface area (Å²) in [5.74, 6) is -7.18. The van der Waals surface area contributed by atoms with Crippen molar-refractivity contribution < 1.29 is 46.4 Å². The molecule has 1 aliphatic heterocycles. The average Bonchev–Trinajstić information content (AvgIpc) is 3.32. The molecule has 6 atom stereocenters. The van der Waals surface area contributed by atoms with E-state index in [9.17, 15) is 23.4 Å². The number of alkyl halides is 5. The second-order valence-corrected chi connectivity index (χ2v) is 16.0. The zero-order valence-electron chi connectivity index (χ0n) is 27.7. The summed E-state index contributed by atoms with van der Waals surface area (Å²) in [5.41, 5.74) is -2.95. The Morgan fingerprint density at radius 2 is 1.52 bits per heavy atom. The summed E-state index contributed by atoms with van der Waals surface area (Å²) < 4.78 is 91.2. The molecule has 3 saturated carbocycles. The normalized spacial score (nSPS) is 35.9. The van der Waals surface area contributed by atoms with Crippen molar-refractivity contribution in [3.8, 4) is 5.75 Å². The number of allylic oxidation sites excluding steroid dienone is 1. The Morgan fingerprint density at radius 1 is 0.854 bits per heavy atom. The molecule has 1 heterocycles. The van der Waals surface area contributed by atoms with Crippen molar-refractivity contribution in [2.75, 3.05) is 13.2 Å². The highest BCUT2D eigenvalue weighted by Gasteiger charge is 2.79. The van der Waals surface area contributed by atoms with Crippen molar-refractivity contribution in [1.82, 2.24) is 0 Å². The van der Waals surface area contributed by atoms with Crippen LogP contribution in [0.4, 0.5) is 22.0 Å². The lowest BCUT2D eigenvalue weighted by Crippen LogP contribution is -2.65. The Kier molecular flexibility index (Phi) is 7.95. The second kappa shape index (κ2) is 11.2. The van der Waals surface area contributed by atoms with Crippen LogP contribution in [0.25, 0.3) is 0 Å². The smallest absolute Gasteiger partial charge is 0.456 e. The van der Waals surface area contributed by atoms with Gasteiger partial charge in [-0.15, -0.1) is 0 Å². The van der Waals surface area contributed by atoms with Crippen molar-refractivity contribution >= 4 is 0 Å². The maximum absolute atomic E-state index is 15.4. The van der Waals surface area contributed by atoms with E-state index >= 15 is 8.78 Å². The topological polar surface area (TPSA) is 68.2 Å². The molecule has 4 aliphatic carbocycles. The Balaban J connectivity index is 1.27. The number of fused-ring (bicyclic) bond motifs is 4. The standard InChI is InChI=1S/C38H45F5O5/c1-32(2)22-47-35(48-23-32)17-14-30-31-27(13-16-34(30,44)21-35)29-15-18-36(45,37(39,40)38(41,42)43)33(29,3)19-28(31)25-9-11-26(12-10-25)46-20-24-7-5-4-6-8-24/h4-12,27-29,44-45H,13-23H2,1-3H3/t27-,28+,29-,33-,34+,36-/m0/s1. The van der Waals surface area contributed by atoms with Gasteiger partial charge in [0.05, 0.1) is 18.8 Å². The molecule has 1 saturated heterocycles. The molecule has 7 rings (SSSR count). The minimum absolute atomic E-state index is 0.0444. The molecule has 48 heavy (non-hydrogen) atoms. The first kappa shape index (κ1) is 33.9. The lowest BCUT2D eigenvalue weighted by molar-refractivity contribution is -0.362. The van der Waals surface area contributed by atoms with Gasteiger partial charge in [-0.1, -0.05) is 68.8 Å². The summed E-state index contributed by atoms with van der Waals surface area (Å²) in [4.78, 5) is 0. The van der Waals surface area contributed by atoms with Crippen LogP contribution >= 0.6 is 0 Å². The van der Waals surface area contributed by atoms with Gasteiger partial charge in [0.2, 0.25) is 0 Å². The molecule has 0 radical (unpaired) electrons. The lowest BCUT2D eigenvalue weighted by atomic mass is 9.49. The zero-order valence-corrected chi connectivity index (χ0v) is 27.7. The summed E-state index contributed by atoms with van der Waals surface area (Å²) in [7, 11) is 0. The molecule has 2 aromatic rings. The first-order valence-corrected chi connectivity index (χ1v) is 17.1.